The largest absolute Gasteiger partial charge is 1.00 e. The van der Waals surface area contributed by atoms with E-state index in [2.05, 4.69) is 35.1 Å². The van der Waals surface area contributed by atoms with E-state index in [0.29, 0.717) is 0 Å². The van der Waals surface area contributed by atoms with Crippen LogP contribution in [0.25, 0.3) is 0 Å². The molecule has 2 nitrogen and oxygen atoms in total. The molecule has 118 valence electrons. The number of quaternary nitrogens is 2. The first-order valence-electron chi connectivity index (χ1n) is 7.48. The number of hydrogen-bond donors (Lipinski definition) is 0. The Morgan fingerprint density at radius 1 is 1.00 bits per heavy atom. The van der Waals surface area contributed by atoms with Crippen LogP contribution in [-0.4, -0.2) is 62.8 Å². The zero-order valence-corrected chi connectivity index (χ0v) is 17.9. The lowest BCUT2D eigenvalue weighted by molar-refractivity contribution is -0.919. The van der Waals surface area contributed by atoms with Crippen LogP contribution in [0, 0.1) is 0 Å². The lowest BCUT2D eigenvalue weighted by atomic mass is 10.1. The number of likely N-dealkylation sites (tertiary alicyclic amines) is 1. The van der Waals surface area contributed by atoms with Gasteiger partial charge in [-0.1, -0.05) is 0 Å². The van der Waals surface area contributed by atoms with Crippen molar-refractivity contribution in [2.24, 2.45) is 0 Å². The molecule has 0 N–H and O–H groups in total. The molecule has 1 heterocycles. The molecule has 2 atom stereocenters. The highest BCUT2D eigenvalue weighted by Gasteiger charge is 2.33. The van der Waals surface area contributed by atoms with Gasteiger partial charge in [0.05, 0.1) is 53.9 Å². The van der Waals surface area contributed by atoms with Gasteiger partial charge in [-0.2, -0.15) is 0 Å². The van der Waals surface area contributed by atoms with Crippen molar-refractivity contribution in [2.45, 2.75) is 51.5 Å². The Morgan fingerprint density at radius 2 is 1.58 bits per heavy atom. The second kappa shape index (κ2) is 10.2. The molecule has 0 aromatic carbocycles. The van der Waals surface area contributed by atoms with E-state index < -0.39 is 0 Å². The number of nitrogens with zero attached hydrogens (tertiary/aromatic N) is 2. The molecule has 0 aromatic heterocycles. The van der Waals surface area contributed by atoms with E-state index in [1.807, 2.05) is 0 Å². The maximum absolute atomic E-state index is 2.46. The molecule has 0 aromatic rings. The maximum atomic E-state index is 2.46. The van der Waals surface area contributed by atoms with Crippen LogP contribution in [0.1, 0.15) is 45.4 Å². The molecule has 1 rings (SSSR count). The van der Waals surface area contributed by atoms with Crippen LogP contribution in [0.3, 0.4) is 0 Å². The maximum Gasteiger partial charge on any atom is 0.0861 e. The lowest BCUT2D eigenvalue weighted by Crippen LogP contribution is -3.00. The van der Waals surface area contributed by atoms with Crippen LogP contribution >= 0.6 is 0 Å². The van der Waals surface area contributed by atoms with Gasteiger partial charge in [0.2, 0.25) is 0 Å². The summed E-state index contributed by atoms with van der Waals surface area (Å²) in [4.78, 5) is 0. The Morgan fingerprint density at radius 3 is 2.05 bits per heavy atom. The predicted molar refractivity (Wildman–Crippen MR) is 76.0 cm³/mol. The summed E-state index contributed by atoms with van der Waals surface area (Å²) in [5, 5.41) is 0. The van der Waals surface area contributed by atoms with Crippen molar-refractivity contribution in [3.05, 3.63) is 0 Å². The first-order valence-corrected chi connectivity index (χ1v) is 7.48. The minimum Gasteiger partial charge on any atom is -1.00 e. The summed E-state index contributed by atoms with van der Waals surface area (Å²) < 4.78 is 2.46. The van der Waals surface area contributed by atoms with Gasteiger partial charge in [-0.15, -0.1) is 0 Å². The summed E-state index contributed by atoms with van der Waals surface area (Å²) >= 11 is 0. The molecule has 1 aliphatic rings. The van der Waals surface area contributed by atoms with Crippen LogP contribution in [-0.2, 0) is 0 Å². The lowest BCUT2D eigenvalue weighted by Gasteiger charge is -2.34. The molecular weight excluding hydrogens is 462 g/mol. The van der Waals surface area contributed by atoms with Gasteiger partial charge < -0.3 is 56.9 Å². The molecule has 0 spiro atoms. The van der Waals surface area contributed by atoms with E-state index in [1.54, 1.807) is 0 Å². The molecule has 4 heteroatoms. The highest BCUT2D eigenvalue weighted by Crippen LogP contribution is 2.25. The second-order valence-electron chi connectivity index (χ2n) is 7.35. The fourth-order valence-electron chi connectivity index (χ4n) is 3.02. The molecule has 1 saturated heterocycles. The van der Waals surface area contributed by atoms with Crippen LogP contribution in [0.15, 0.2) is 0 Å². The Balaban J connectivity index is 0. The fraction of sp³-hybridized carbons (Fsp3) is 1.00. The van der Waals surface area contributed by atoms with Crippen molar-refractivity contribution >= 4 is 0 Å². The molecule has 2 unspecified atom stereocenters. The number of halogens is 2. The molecule has 1 aliphatic heterocycles. The van der Waals surface area contributed by atoms with Crippen molar-refractivity contribution in [3.63, 3.8) is 0 Å². The van der Waals surface area contributed by atoms with Crippen molar-refractivity contribution in [1.29, 1.82) is 0 Å². The minimum absolute atomic E-state index is 0. The standard InChI is InChI=1S/C15H34N2.2HI/c1-15-11-10-14-17(15,5)13-9-7-6-8-12-16(2,3)4;;/h15H,6-14H2,1-5H3;2*1H/q+2;;/p-2. The average molecular weight is 496 g/mol. The Labute approximate surface area is 155 Å². The summed E-state index contributed by atoms with van der Waals surface area (Å²) in [5.74, 6) is 0. The SMILES string of the molecule is CC1CCC[N+]1(C)CCCCCC[N+](C)(C)C.[I-].[I-]. The van der Waals surface area contributed by atoms with Gasteiger partial charge in [-0.05, 0) is 32.6 Å². The third kappa shape index (κ3) is 9.09. The zero-order chi connectivity index (χ0) is 12.9. The van der Waals surface area contributed by atoms with Crippen LogP contribution in [0.2, 0.25) is 0 Å². The number of hydrogen-bond acceptors (Lipinski definition) is 0. The van der Waals surface area contributed by atoms with Crippen LogP contribution in [0.4, 0.5) is 0 Å². The van der Waals surface area contributed by atoms with Gasteiger partial charge >= 0.3 is 0 Å². The van der Waals surface area contributed by atoms with Gasteiger partial charge in [0.15, 0.2) is 0 Å². The van der Waals surface area contributed by atoms with E-state index >= 15 is 0 Å². The second-order valence-corrected chi connectivity index (χ2v) is 7.35. The Bertz CT molecular complexity index is 229. The quantitative estimate of drug-likeness (QED) is 0.199. The Kier molecular flexibility index (Phi) is 12.1. The molecule has 19 heavy (non-hydrogen) atoms. The van der Waals surface area contributed by atoms with Gasteiger partial charge in [0.25, 0.3) is 0 Å². The van der Waals surface area contributed by atoms with Gasteiger partial charge in [0.1, 0.15) is 0 Å². The van der Waals surface area contributed by atoms with Gasteiger partial charge in [-0.25, -0.2) is 0 Å². The highest BCUT2D eigenvalue weighted by molar-refractivity contribution is 4.61. The fourth-order valence-corrected chi connectivity index (χ4v) is 3.02. The normalized spacial score (nSPS) is 26.7. The highest BCUT2D eigenvalue weighted by atomic mass is 127. The summed E-state index contributed by atoms with van der Waals surface area (Å²) in [6, 6.07) is 0.904. The van der Waals surface area contributed by atoms with Crippen molar-refractivity contribution < 1.29 is 56.9 Å². The number of unbranched alkanes of at least 4 members (excludes halogenated alkanes) is 3. The summed E-state index contributed by atoms with van der Waals surface area (Å²) in [5.41, 5.74) is 0. The molecular formula is C15H34I2N2. The first kappa shape index (κ1) is 22.7. The van der Waals surface area contributed by atoms with Crippen molar-refractivity contribution in [2.75, 3.05) is 47.8 Å². The van der Waals surface area contributed by atoms with Gasteiger partial charge in [0, 0.05) is 12.8 Å². The predicted octanol–water partition coefficient (Wildman–Crippen LogP) is -3.11. The van der Waals surface area contributed by atoms with Gasteiger partial charge in [-0.3, -0.25) is 0 Å². The number of rotatable bonds is 7. The van der Waals surface area contributed by atoms with E-state index in [-0.39, 0.29) is 48.0 Å². The summed E-state index contributed by atoms with van der Waals surface area (Å²) in [7, 11) is 9.33. The van der Waals surface area contributed by atoms with Crippen LogP contribution < -0.4 is 48.0 Å². The van der Waals surface area contributed by atoms with Crippen LogP contribution in [0.5, 0.6) is 0 Å². The third-order valence-corrected chi connectivity index (χ3v) is 4.60. The van der Waals surface area contributed by atoms with Crippen molar-refractivity contribution in [1.82, 2.24) is 0 Å². The molecule has 0 bridgehead atoms. The first-order chi connectivity index (χ1) is 7.83. The van der Waals surface area contributed by atoms with E-state index in [1.165, 1.54) is 62.6 Å². The molecule has 0 aliphatic carbocycles. The summed E-state index contributed by atoms with van der Waals surface area (Å²) in [6.07, 6.45) is 8.56. The molecule has 0 saturated carbocycles. The van der Waals surface area contributed by atoms with E-state index in [0.717, 1.165) is 10.5 Å². The summed E-state index contributed by atoms with van der Waals surface area (Å²) in [6.45, 7) is 6.58. The average Bonchev–Trinajstić information content (AvgIpc) is 2.52. The molecule has 0 amide bonds. The third-order valence-electron chi connectivity index (χ3n) is 4.60. The Hall–Kier alpha value is 1.38. The monoisotopic (exact) mass is 496 g/mol. The van der Waals surface area contributed by atoms with E-state index in [9.17, 15) is 0 Å². The molecule has 0 radical (unpaired) electrons. The van der Waals surface area contributed by atoms with E-state index in [4.69, 9.17) is 0 Å². The minimum atomic E-state index is 0. The zero-order valence-electron chi connectivity index (χ0n) is 13.6. The molecule has 1 fully saturated rings. The van der Waals surface area contributed by atoms with Crippen molar-refractivity contribution in [3.8, 4) is 0 Å². The smallest absolute Gasteiger partial charge is 0.0861 e. The topological polar surface area (TPSA) is 0 Å².